The SMILES string of the molecule is Cc1cc(N2CCN(C(=O)OC(C)(C)C)[C@H](C)C2)n2nc(C(F)(F)F)nc2n1. The van der Waals surface area contributed by atoms with Crippen LogP contribution in [0.3, 0.4) is 0 Å². The third kappa shape index (κ3) is 4.12. The number of piperazine rings is 1. The number of aromatic nitrogens is 4. The molecule has 0 aromatic carbocycles. The first-order valence-electron chi connectivity index (χ1n) is 8.91. The number of rotatable bonds is 1. The van der Waals surface area contributed by atoms with Crippen LogP contribution < -0.4 is 4.90 Å². The second-order valence-electron chi connectivity index (χ2n) is 7.87. The second-order valence-corrected chi connectivity index (χ2v) is 7.87. The number of fused-ring (bicyclic) bond motifs is 1. The molecule has 0 N–H and O–H groups in total. The molecule has 1 atom stereocenters. The second kappa shape index (κ2) is 6.78. The zero-order valence-electron chi connectivity index (χ0n) is 16.4. The molecule has 11 heteroatoms. The van der Waals surface area contributed by atoms with Gasteiger partial charge in [-0.05, 0) is 34.6 Å². The zero-order valence-corrected chi connectivity index (χ0v) is 16.4. The van der Waals surface area contributed by atoms with Crippen LogP contribution in [0.5, 0.6) is 0 Å². The summed E-state index contributed by atoms with van der Waals surface area (Å²) in [5.74, 6) is -0.877. The van der Waals surface area contributed by atoms with Gasteiger partial charge < -0.3 is 14.5 Å². The molecule has 0 unspecified atom stereocenters. The third-order valence-corrected chi connectivity index (χ3v) is 4.25. The third-order valence-electron chi connectivity index (χ3n) is 4.25. The van der Waals surface area contributed by atoms with E-state index in [-0.39, 0.29) is 11.8 Å². The number of aryl methyl sites for hydroxylation is 1. The van der Waals surface area contributed by atoms with E-state index in [9.17, 15) is 18.0 Å². The molecule has 1 saturated heterocycles. The van der Waals surface area contributed by atoms with Crippen molar-refractivity contribution in [3.63, 3.8) is 0 Å². The highest BCUT2D eigenvalue weighted by Crippen LogP contribution is 2.28. The van der Waals surface area contributed by atoms with Crippen LogP contribution >= 0.6 is 0 Å². The molecule has 2 aromatic rings. The number of carbonyl (C=O) groups is 1. The summed E-state index contributed by atoms with van der Waals surface area (Å²) in [6.07, 6.45) is -5.06. The van der Waals surface area contributed by atoms with Gasteiger partial charge in [0.1, 0.15) is 11.4 Å². The lowest BCUT2D eigenvalue weighted by Crippen LogP contribution is -2.55. The number of ether oxygens (including phenoxy) is 1. The molecule has 1 amide bonds. The lowest BCUT2D eigenvalue weighted by molar-refractivity contribution is -0.144. The van der Waals surface area contributed by atoms with Crippen LogP contribution in [0.1, 0.15) is 39.2 Å². The van der Waals surface area contributed by atoms with Gasteiger partial charge in [0, 0.05) is 37.4 Å². The normalized spacial score (nSPS) is 18.6. The molecule has 1 fully saturated rings. The highest BCUT2D eigenvalue weighted by atomic mass is 19.4. The standard InChI is InChI=1S/C17H23F3N6O2/c1-10-8-12(26-14(21-10)22-13(23-26)17(18,19)20)24-6-7-25(11(2)9-24)15(27)28-16(3,4)5/h8,11H,6-7,9H2,1-5H3/t11-/m1/s1. The molecule has 3 rings (SSSR count). The van der Waals surface area contributed by atoms with E-state index < -0.39 is 23.7 Å². The molecule has 1 aliphatic rings. The topological polar surface area (TPSA) is 75.9 Å². The van der Waals surface area contributed by atoms with Gasteiger partial charge in [0.2, 0.25) is 0 Å². The van der Waals surface area contributed by atoms with Crippen molar-refractivity contribution < 1.29 is 22.7 Å². The lowest BCUT2D eigenvalue weighted by Gasteiger charge is -2.41. The first-order valence-corrected chi connectivity index (χ1v) is 8.91. The van der Waals surface area contributed by atoms with Crippen LogP contribution in [-0.2, 0) is 10.9 Å². The minimum atomic E-state index is -4.65. The average molecular weight is 400 g/mol. The highest BCUT2D eigenvalue weighted by Gasteiger charge is 2.37. The summed E-state index contributed by atoms with van der Waals surface area (Å²) in [7, 11) is 0. The molecule has 2 aromatic heterocycles. The molecule has 0 bridgehead atoms. The Morgan fingerprint density at radius 3 is 2.46 bits per heavy atom. The zero-order chi connectivity index (χ0) is 20.9. The van der Waals surface area contributed by atoms with Gasteiger partial charge in [-0.25, -0.2) is 9.78 Å². The van der Waals surface area contributed by atoms with Crippen LogP contribution in [0.15, 0.2) is 6.07 Å². The molecule has 8 nitrogen and oxygen atoms in total. The number of alkyl halides is 3. The van der Waals surface area contributed by atoms with Gasteiger partial charge in [-0.1, -0.05) is 0 Å². The predicted octanol–water partition coefficient (Wildman–Crippen LogP) is 2.90. The summed E-state index contributed by atoms with van der Waals surface area (Å²) in [5.41, 5.74) is -0.0670. The Kier molecular flexibility index (Phi) is 4.88. The average Bonchev–Trinajstić information content (AvgIpc) is 2.96. The number of amides is 1. The molecule has 0 aliphatic carbocycles. The predicted molar refractivity (Wildman–Crippen MR) is 95.1 cm³/mol. The van der Waals surface area contributed by atoms with Crippen molar-refractivity contribution in [1.82, 2.24) is 24.5 Å². The number of nitrogens with zero attached hydrogens (tertiary/aromatic N) is 6. The fourth-order valence-corrected chi connectivity index (χ4v) is 3.07. The van der Waals surface area contributed by atoms with Crippen molar-refractivity contribution in [3.05, 3.63) is 17.6 Å². The van der Waals surface area contributed by atoms with Crippen molar-refractivity contribution in [2.75, 3.05) is 24.5 Å². The Bertz CT molecular complexity index is 889. The van der Waals surface area contributed by atoms with Gasteiger partial charge in [-0.15, -0.1) is 5.10 Å². The molecular weight excluding hydrogens is 377 g/mol. The van der Waals surface area contributed by atoms with E-state index in [1.807, 2.05) is 11.8 Å². The molecule has 0 spiro atoms. The summed E-state index contributed by atoms with van der Waals surface area (Å²) < 4.78 is 45.5. The van der Waals surface area contributed by atoms with Gasteiger partial charge in [-0.3, -0.25) is 0 Å². The lowest BCUT2D eigenvalue weighted by atomic mass is 10.2. The number of carbonyl (C=O) groups excluding carboxylic acids is 1. The Labute approximate surface area is 160 Å². The van der Waals surface area contributed by atoms with E-state index in [1.165, 1.54) is 0 Å². The smallest absolute Gasteiger partial charge is 0.444 e. The van der Waals surface area contributed by atoms with E-state index in [0.29, 0.717) is 31.1 Å². The number of hydrogen-bond acceptors (Lipinski definition) is 6. The largest absolute Gasteiger partial charge is 0.453 e. The summed E-state index contributed by atoms with van der Waals surface area (Å²) in [6, 6.07) is 1.47. The van der Waals surface area contributed by atoms with Crippen molar-refractivity contribution in [1.29, 1.82) is 0 Å². The number of hydrogen-bond donors (Lipinski definition) is 0. The van der Waals surface area contributed by atoms with Crippen LogP contribution in [-0.4, -0.2) is 61.9 Å². The summed E-state index contributed by atoms with van der Waals surface area (Å²) in [6.45, 7) is 10.2. The molecular formula is C17H23F3N6O2. The van der Waals surface area contributed by atoms with Gasteiger partial charge in [-0.2, -0.15) is 22.7 Å². The van der Waals surface area contributed by atoms with Crippen molar-refractivity contribution in [3.8, 4) is 0 Å². The van der Waals surface area contributed by atoms with Crippen LogP contribution in [0.25, 0.3) is 5.78 Å². The Balaban J connectivity index is 1.86. The summed E-state index contributed by atoms with van der Waals surface area (Å²) in [5, 5.41) is 3.60. The van der Waals surface area contributed by atoms with E-state index in [4.69, 9.17) is 4.74 Å². The molecule has 154 valence electrons. The Hall–Kier alpha value is -2.59. The maximum absolute atomic E-state index is 13.0. The van der Waals surface area contributed by atoms with Gasteiger partial charge in [0.15, 0.2) is 0 Å². The Morgan fingerprint density at radius 1 is 1.21 bits per heavy atom. The fraction of sp³-hybridized carbons (Fsp3) is 0.647. The molecule has 0 radical (unpaired) electrons. The molecule has 1 aliphatic heterocycles. The Morgan fingerprint density at radius 2 is 1.89 bits per heavy atom. The maximum Gasteiger partial charge on any atom is 0.453 e. The van der Waals surface area contributed by atoms with E-state index in [0.717, 1.165) is 4.52 Å². The van der Waals surface area contributed by atoms with E-state index in [1.54, 1.807) is 38.7 Å². The van der Waals surface area contributed by atoms with Gasteiger partial charge in [0.05, 0.1) is 0 Å². The van der Waals surface area contributed by atoms with Gasteiger partial charge >= 0.3 is 12.3 Å². The first-order chi connectivity index (χ1) is 12.8. The van der Waals surface area contributed by atoms with E-state index in [2.05, 4.69) is 15.1 Å². The van der Waals surface area contributed by atoms with Crippen molar-refractivity contribution in [2.24, 2.45) is 0 Å². The fourth-order valence-electron chi connectivity index (χ4n) is 3.07. The highest BCUT2D eigenvalue weighted by molar-refractivity contribution is 5.69. The molecule has 28 heavy (non-hydrogen) atoms. The summed E-state index contributed by atoms with van der Waals surface area (Å²) in [4.78, 5) is 23.4. The van der Waals surface area contributed by atoms with Crippen molar-refractivity contribution in [2.45, 2.75) is 52.4 Å². The van der Waals surface area contributed by atoms with E-state index >= 15 is 0 Å². The number of anilines is 1. The van der Waals surface area contributed by atoms with Crippen LogP contribution in [0.2, 0.25) is 0 Å². The van der Waals surface area contributed by atoms with Crippen LogP contribution in [0, 0.1) is 6.92 Å². The minimum absolute atomic E-state index is 0.107. The molecule has 3 heterocycles. The monoisotopic (exact) mass is 400 g/mol. The molecule has 0 saturated carbocycles. The van der Waals surface area contributed by atoms with Gasteiger partial charge in [0.25, 0.3) is 11.6 Å². The maximum atomic E-state index is 13.0. The van der Waals surface area contributed by atoms with Crippen molar-refractivity contribution >= 4 is 17.7 Å². The minimum Gasteiger partial charge on any atom is -0.444 e. The quantitative estimate of drug-likeness (QED) is 0.733. The first kappa shape index (κ1) is 20.2. The van der Waals surface area contributed by atoms with Crippen LogP contribution in [0.4, 0.5) is 23.8 Å². The number of halogens is 3. The summed E-state index contributed by atoms with van der Waals surface area (Å²) >= 11 is 0.